The van der Waals surface area contributed by atoms with Gasteiger partial charge in [-0.15, -0.1) is 0 Å². The maximum Gasteiger partial charge on any atom is 0.260 e. The van der Waals surface area contributed by atoms with Crippen molar-refractivity contribution >= 4 is 27.2 Å². The minimum Gasteiger partial charge on any atom is -0.392 e. The summed E-state index contributed by atoms with van der Waals surface area (Å²) < 4.78 is 28.3. The Morgan fingerprint density at radius 1 is 1.67 bits per heavy atom. The first-order valence-corrected chi connectivity index (χ1v) is 7.48. The monoisotopic (exact) mass is 290 g/mol. The zero-order valence-electron chi connectivity index (χ0n) is 10.7. The van der Waals surface area contributed by atoms with Crippen LogP contribution in [-0.4, -0.2) is 29.0 Å². The van der Waals surface area contributed by atoms with Gasteiger partial charge in [0.2, 0.25) is 0 Å². The lowest BCUT2D eigenvalue weighted by Crippen LogP contribution is -2.43. The molecule has 0 saturated carbocycles. The minimum absolute atomic E-state index is 0.0140. The molecule has 1 unspecified atom stereocenters. The predicted octanol–water partition coefficient (Wildman–Crippen LogP) is 0.462. The van der Waals surface area contributed by atoms with Crippen molar-refractivity contribution < 1.29 is 8.42 Å². The molecule has 1 rings (SSSR count). The highest BCUT2D eigenvalue weighted by molar-refractivity contribution is 7.89. The van der Waals surface area contributed by atoms with Crippen LogP contribution in [0.15, 0.2) is 11.2 Å². The molecule has 0 radical (unpaired) electrons. The third-order valence-electron chi connectivity index (χ3n) is 2.58. The van der Waals surface area contributed by atoms with E-state index in [2.05, 4.69) is 9.71 Å². The van der Waals surface area contributed by atoms with Crippen molar-refractivity contribution in [2.24, 2.45) is 12.8 Å². The highest BCUT2D eigenvalue weighted by Gasteiger charge is 2.23. The molecule has 1 heterocycles. The number of hydrogen-bond acceptors (Lipinski definition) is 4. The Kier molecular flexibility index (Phi) is 4.83. The summed E-state index contributed by atoms with van der Waals surface area (Å²) in [5.74, 6) is 0.623. The van der Waals surface area contributed by atoms with Crippen molar-refractivity contribution in [3.8, 4) is 0 Å². The molecule has 0 aromatic carbocycles. The van der Waals surface area contributed by atoms with E-state index in [1.54, 1.807) is 18.5 Å². The van der Waals surface area contributed by atoms with Crippen LogP contribution in [-0.2, 0) is 17.1 Å². The highest BCUT2D eigenvalue weighted by Crippen LogP contribution is 2.10. The van der Waals surface area contributed by atoms with Gasteiger partial charge in [0, 0.05) is 13.2 Å². The van der Waals surface area contributed by atoms with Crippen LogP contribution in [0.5, 0.6) is 0 Å². The van der Waals surface area contributed by atoms with Gasteiger partial charge in [-0.3, -0.25) is 0 Å². The number of nitrogens with zero attached hydrogens (tertiary/aromatic N) is 2. The first kappa shape index (κ1) is 15.1. The highest BCUT2D eigenvalue weighted by atomic mass is 32.2. The fourth-order valence-corrected chi connectivity index (χ4v) is 2.99. The van der Waals surface area contributed by atoms with Gasteiger partial charge in [-0.25, -0.2) is 13.4 Å². The zero-order chi connectivity index (χ0) is 13.9. The van der Waals surface area contributed by atoms with E-state index in [0.29, 0.717) is 12.2 Å². The van der Waals surface area contributed by atoms with Gasteiger partial charge >= 0.3 is 0 Å². The van der Waals surface area contributed by atoms with E-state index in [9.17, 15) is 8.42 Å². The summed E-state index contributed by atoms with van der Waals surface area (Å²) >= 11 is 4.86. The van der Waals surface area contributed by atoms with Crippen LogP contribution < -0.4 is 10.5 Å². The van der Waals surface area contributed by atoms with E-state index in [1.807, 2.05) is 6.92 Å². The second-order valence-electron chi connectivity index (χ2n) is 4.10. The predicted molar refractivity (Wildman–Crippen MR) is 73.7 cm³/mol. The van der Waals surface area contributed by atoms with Gasteiger partial charge < -0.3 is 10.3 Å². The maximum atomic E-state index is 12.1. The summed E-state index contributed by atoms with van der Waals surface area (Å²) in [5.41, 5.74) is 5.52. The van der Waals surface area contributed by atoms with Crippen molar-refractivity contribution in [1.82, 2.24) is 14.3 Å². The smallest absolute Gasteiger partial charge is 0.260 e. The van der Waals surface area contributed by atoms with Crippen LogP contribution in [0.2, 0.25) is 0 Å². The summed E-state index contributed by atoms with van der Waals surface area (Å²) in [6.07, 6.45) is 2.81. The number of thiocarbonyl (C=S) groups is 1. The molecule has 102 valence electrons. The van der Waals surface area contributed by atoms with Gasteiger partial charge in [-0.1, -0.05) is 25.6 Å². The number of rotatable bonds is 6. The standard InChI is InChI=1S/C10H18N4O2S2/c1-4-5-8(10(11)17)13-18(15,16)9-6-14(3)7(2)12-9/h6,8,13H,4-5H2,1-3H3,(H2,11,17). The largest absolute Gasteiger partial charge is 0.392 e. The Labute approximate surface area is 113 Å². The number of sulfonamides is 1. The van der Waals surface area contributed by atoms with Gasteiger partial charge in [-0.05, 0) is 13.3 Å². The molecular weight excluding hydrogens is 272 g/mol. The lowest BCUT2D eigenvalue weighted by molar-refractivity contribution is 0.564. The molecule has 1 aromatic heterocycles. The number of nitrogens with one attached hydrogen (secondary N) is 1. The second kappa shape index (κ2) is 5.77. The lowest BCUT2D eigenvalue weighted by Gasteiger charge is -2.15. The SMILES string of the molecule is CCCC(NS(=O)(=O)c1cn(C)c(C)n1)C(N)=S. The summed E-state index contributed by atoms with van der Waals surface area (Å²) in [4.78, 5) is 4.13. The Bertz CT molecular complexity index is 517. The summed E-state index contributed by atoms with van der Waals surface area (Å²) in [6, 6.07) is -0.530. The Morgan fingerprint density at radius 3 is 2.67 bits per heavy atom. The molecule has 0 amide bonds. The first-order chi connectivity index (χ1) is 8.27. The summed E-state index contributed by atoms with van der Waals surface area (Å²) in [5, 5.41) is -0.0140. The van der Waals surface area contributed by atoms with Crippen LogP contribution in [0.4, 0.5) is 0 Å². The van der Waals surface area contributed by atoms with Crippen molar-refractivity contribution in [3.63, 3.8) is 0 Å². The average Bonchev–Trinajstić information content (AvgIpc) is 2.59. The molecule has 0 aliphatic carbocycles. The lowest BCUT2D eigenvalue weighted by atomic mass is 10.2. The zero-order valence-corrected chi connectivity index (χ0v) is 12.3. The van der Waals surface area contributed by atoms with Gasteiger partial charge in [0.1, 0.15) is 5.82 Å². The summed E-state index contributed by atoms with van der Waals surface area (Å²) in [6.45, 7) is 3.67. The number of aryl methyl sites for hydroxylation is 2. The van der Waals surface area contributed by atoms with Crippen LogP contribution in [0, 0.1) is 6.92 Å². The first-order valence-electron chi connectivity index (χ1n) is 5.59. The Balaban J connectivity index is 2.96. The van der Waals surface area contributed by atoms with Crippen molar-refractivity contribution in [1.29, 1.82) is 0 Å². The summed E-state index contributed by atoms with van der Waals surface area (Å²) in [7, 11) is -1.94. The van der Waals surface area contributed by atoms with Crippen molar-refractivity contribution in [2.45, 2.75) is 37.8 Å². The Hall–Kier alpha value is -0.990. The molecule has 6 nitrogen and oxygen atoms in total. The minimum atomic E-state index is -3.68. The number of hydrogen-bond donors (Lipinski definition) is 2. The molecule has 0 spiro atoms. The van der Waals surface area contributed by atoms with E-state index in [1.165, 1.54) is 6.20 Å². The van der Waals surface area contributed by atoms with Crippen molar-refractivity contribution in [3.05, 3.63) is 12.0 Å². The second-order valence-corrected chi connectivity index (χ2v) is 6.23. The Morgan fingerprint density at radius 2 is 2.28 bits per heavy atom. The van der Waals surface area contributed by atoms with E-state index >= 15 is 0 Å². The van der Waals surface area contributed by atoms with Crippen LogP contribution >= 0.6 is 12.2 Å². The molecule has 0 bridgehead atoms. The third-order valence-corrected chi connectivity index (χ3v) is 4.21. The molecule has 3 N–H and O–H groups in total. The molecule has 0 aliphatic heterocycles. The van der Waals surface area contributed by atoms with E-state index in [-0.39, 0.29) is 10.0 Å². The fraction of sp³-hybridized carbons (Fsp3) is 0.600. The normalized spacial score (nSPS) is 13.5. The van der Waals surface area contributed by atoms with Crippen LogP contribution in [0.1, 0.15) is 25.6 Å². The van der Waals surface area contributed by atoms with E-state index in [4.69, 9.17) is 18.0 Å². The molecule has 18 heavy (non-hydrogen) atoms. The topological polar surface area (TPSA) is 90.0 Å². The average molecular weight is 290 g/mol. The number of aromatic nitrogens is 2. The molecule has 1 aromatic rings. The number of imidazole rings is 1. The van der Waals surface area contributed by atoms with Gasteiger partial charge in [-0.2, -0.15) is 4.72 Å². The van der Waals surface area contributed by atoms with Crippen molar-refractivity contribution in [2.75, 3.05) is 0 Å². The molecule has 0 fully saturated rings. The molecule has 1 atom stereocenters. The third kappa shape index (κ3) is 3.50. The van der Waals surface area contributed by atoms with Gasteiger partial charge in [0.05, 0.1) is 11.0 Å². The maximum absolute atomic E-state index is 12.1. The molecular formula is C10H18N4O2S2. The van der Waals surface area contributed by atoms with E-state index < -0.39 is 16.1 Å². The van der Waals surface area contributed by atoms with E-state index in [0.717, 1.165) is 6.42 Å². The molecule has 0 aliphatic rings. The molecule has 0 saturated heterocycles. The molecule has 8 heteroatoms. The van der Waals surface area contributed by atoms with Crippen LogP contribution in [0.25, 0.3) is 0 Å². The van der Waals surface area contributed by atoms with Gasteiger partial charge in [0.25, 0.3) is 10.0 Å². The number of nitrogens with two attached hydrogens (primary N) is 1. The fourth-order valence-electron chi connectivity index (χ4n) is 1.45. The van der Waals surface area contributed by atoms with Crippen LogP contribution in [0.3, 0.4) is 0 Å². The van der Waals surface area contributed by atoms with Gasteiger partial charge in [0.15, 0.2) is 5.03 Å². The quantitative estimate of drug-likeness (QED) is 0.743.